The van der Waals surface area contributed by atoms with Crippen LogP contribution in [0.5, 0.6) is 5.88 Å². The van der Waals surface area contributed by atoms with Crippen molar-refractivity contribution in [2.75, 3.05) is 25.0 Å². The number of benzene rings is 1. The fourth-order valence-electron chi connectivity index (χ4n) is 3.53. The SMILES string of the molecule is CCNC(=NCc1ccnc(OCC2CC2)c1)NCC1CC(=O)Nc2ccccc21. The van der Waals surface area contributed by atoms with Gasteiger partial charge in [-0.2, -0.15) is 0 Å². The molecule has 1 unspecified atom stereocenters. The summed E-state index contributed by atoms with van der Waals surface area (Å²) in [5, 5.41) is 9.62. The number of hydrogen-bond donors (Lipinski definition) is 3. The van der Waals surface area contributed by atoms with Crippen LogP contribution in [0.3, 0.4) is 0 Å². The van der Waals surface area contributed by atoms with E-state index in [0.29, 0.717) is 31.3 Å². The van der Waals surface area contributed by atoms with Gasteiger partial charge in [0, 0.05) is 43.4 Å². The van der Waals surface area contributed by atoms with Crippen molar-refractivity contribution >= 4 is 17.6 Å². The Balaban J connectivity index is 1.37. The molecule has 1 aliphatic carbocycles. The van der Waals surface area contributed by atoms with Crippen molar-refractivity contribution in [2.24, 2.45) is 10.9 Å². The molecule has 1 aliphatic heterocycles. The number of carbonyl (C=O) groups excluding carboxylic acids is 1. The van der Waals surface area contributed by atoms with Crippen LogP contribution >= 0.6 is 0 Å². The molecule has 1 amide bonds. The lowest BCUT2D eigenvalue weighted by Crippen LogP contribution is -2.40. The third-order valence-corrected chi connectivity index (χ3v) is 5.35. The molecule has 158 valence electrons. The molecule has 2 heterocycles. The molecular weight excluding hydrogens is 378 g/mol. The second-order valence-corrected chi connectivity index (χ2v) is 7.87. The zero-order chi connectivity index (χ0) is 20.8. The van der Waals surface area contributed by atoms with E-state index in [4.69, 9.17) is 9.73 Å². The minimum Gasteiger partial charge on any atom is -0.477 e. The lowest BCUT2D eigenvalue weighted by atomic mass is 9.90. The highest BCUT2D eigenvalue weighted by atomic mass is 16.5. The van der Waals surface area contributed by atoms with Gasteiger partial charge in [0.05, 0.1) is 13.2 Å². The number of para-hydroxylation sites is 1. The Kier molecular flexibility index (Phi) is 6.47. The lowest BCUT2D eigenvalue weighted by molar-refractivity contribution is -0.116. The number of anilines is 1. The van der Waals surface area contributed by atoms with Crippen molar-refractivity contribution < 1.29 is 9.53 Å². The number of rotatable bonds is 8. The van der Waals surface area contributed by atoms with Crippen LogP contribution in [0.1, 0.15) is 43.2 Å². The van der Waals surface area contributed by atoms with E-state index >= 15 is 0 Å². The fourth-order valence-corrected chi connectivity index (χ4v) is 3.53. The summed E-state index contributed by atoms with van der Waals surface area (Å²) in [6, 6.07) is 11.9. The van der Waals surface area contributed by atoms with Gasteiger partial charge in [0.1, 0.15) is 0 Å². The number of aliphatic imine (C=N–C) groups is 1. The minimum absolute atomic E-state index is 0.0537. The Morgan fingerprint density at radius 3 is 2.97 bits per heavy atom. The molecule has 0 spiro atoms. The van der Waals surface area contributed by atoms with Crippen LogP contribution in [-0.2, 0) is 11.3 Å². The molecule has 0 saturated heterocycles. The molecule has 0 radical (unpaired) electrons. The molecule has 30 heavy (non-hydrogen) atoms. The monoisotopic (exact) mass is 407 g/mol. The van der Waals surface area contributed by atoms with E-state index in [-0.39, 0.29) is 11.8 Å². The molecular formula is C23H29N5O2. The van der Waals surface area contributed by atoms with E-state index in [1.165, 1.54) is 12.8 Å². The molecule has 2 aliphatic rings. The highest BCUT2D eigenvalue weighted by molar-refractivity contribution is 5.94. The van der Waals surface area contributed by atoms with Crippen molar-refractivity contribution in [3.05, 3.63) is 53.7 Å². The van der Waals surface area contributed by atoms with Gasteiger partial charge in [0.15, 0.2) is 5.96 Å². The van der Waals surface area contributed by atoms with Crippen molar-refractivity contribution in [1.29, 1.82) is 0 Å². The summed E-state index contributed by atoms with van der Waals surface area (Å²) < 4.78 is 5.77. The van der Waals surface area contributed by atoms with Crippen LogP contribution in [0.2, 0.25) is 0 Å². The summed E-state index contributed by atoms with van der Waals surface area (Å²) in [5.74, 6) is 2.26. The summed E-state index contributed by atoms with van der Waals surface area (Å²) in [6.07, 6.45) is 4.75. The number of guanidine groups is 1. The Hall–Kier alpha value is -3.09. The maximum Gasteiger partial charge on any atom is 0.225 e. The normalized spacial score (nSPS) is 18.4. The zero-order valence-corrected chi connectivity index (χ0v) is 17.4. The van der Waals surface area contributed by atoms with Gasteiger partial charge in [-0.1, -0.05) is 18.2 Å². The topological polar surface area (TPSA) is 87.6 Å². The second-order valence-electron chi connectivity index (χ2n) is 7.87. The highest BCUT2D eigenvalue weighted by Gasteiger charge is 2.25. The number of carbonyl (C=O) groups is 1. The number of fused-ring (bicyclic) bond motifs is 1. The average Bonchev–Trinajstić information content (AvgIpc) is 3.59. The Morgan fingerprint density at radius 2 is 2.13 bits per heavy atom. The predicted octanol–water partition coefficient (Wildman–Crippen LogP) is 3.05. The lowest BCUT2D eigenvalue weighted by Gasteiger charge is -2.26. The van der Waals surface area contributed by atoms with E-state index in [9.17, 15) is 4.79 Å². The molecule has 4 rings (SSSR count). The zero-order valence-electron chi connectivity index (χ0n) is 17.4. The smallest absolute Gasteiger partial charge is 0.225 e. The first-order valence-electron chi connectivity index (χ1n) is 10.7. The maximum absolute atomic E-state index is 12.0. The van der Waals surface area contributed by atoms with Crippen molar-refractivity contribution in [3.63, 3.8) is 0 Å². The quantitative estimate of drug-likeness (QED) is 0.462. The van der Waals surface area contributed by atoms with Crippen LogP contribution in [0.15, 0.2) is 47.6 Å². The summed E-state index contributed by atoms with van der Waals surface area (Å²) in [4.78, 5) is 21.0. The molecule has 1 saturated carbocycles. The molecule has 1 aromatic carbocycles. The third kappa shape index (κ3) is 5.49. The van der Waals surface area contributed by atoms with E-state index in [1.807, 2.05) is 37.3 Å². The first-order chi connectivity index (χ1) is 14.7. The van der Waals surface area contributed by atoms with Crippen LogP contribution < -0.4 is 20.7 Å². The number of ether oxygens (including phenoxy) is 1. The van der Waals surface area contributed by atoms with Crippen LogP contribution in [0.4, 0.5) is 5.69 Å². The molecule has 7 nitrogen and oxygen atoms in total. The maximum atomic E-state index is 12.0. The van der Waals surface area contributed by atoms with Crippen molar-refractivity contribution in [1.82, 2.24) is 15.6 Å². The molecule has 7 heteroatoms. The first kappa shape index (κ1) is 20.2. The summed E-state index contributed by atoms with van der Waals surface area (Å²) >= 11 is 0. The van der Waals surface area contributed by atoms with Crippen LogP contribution in [0, 0.1) is 5.92 Å². The van der Waals surface area contributed by atoms with Crippen LogP contribution in [-0.4, -0.2) is 36.5 Å². The van der Waals surface area contributed by atoms with Gasteiger partial charge in [-0.25, -0.2) is 9.98 Å². The number of nitrogens with one attached hydrogen (secondary N) is 3. The van der Waals surface area contributed by atoms with E-state index in [2.05, 4.69) is 27.0 Å². The minimum atomic E-state index is 0.0537. The van der Waals surface area contributed by atoms with Gasteiger partial charge in [0.25, 0.3) is 0 Å². The van der Waals surface area contributed by atoms with Gasteiger partial charge in [-0.15, -0.1) is 0 Å². The summed E-state index contributed by atoms with van der Waals surface area (Å²) in [7, 11) is 0. The third-order valence-electron chi connectivity index (χ3n) is 5.35. The predicted molar refractivity (Wildman–Crippen MR) is 118 cm³/mol. The van der Waals surface area contributed by atoms with Crippen molar-refractivity contribution in [2.45, 2.75) is 38.6 Å². The molecule has 0 bridgehead atoms. The second kappa shape index (κ2) is 9.61. The van der Waals surface area contributed by atoms with E-state index in [1.54, 1.807) is 6.20 Å². The van der Waals surface area contributed by atoms with Gasteiger partial charge in [-0.3, -0.25) is 4.79 Å². The van der Waals surface area contributed by atoms with Crippen molar-refractivity contribution in [3.8, 4) is 5.88 Å². The average molecular weight is 408 g/mol. The number of hydrogen-bond acceptors (Lipinski definition) is 4. The number of nitrogens with zero attached hydrogens (tertiary/aromatic N) is 2. The first-order valence-corrected chi connectivity index (χ1v) is 10.7. The van der Waals surface area contributed by atoms with Gasteiger partial charge >= 0.3 is 0 Å². The standard InChI is InChI=1S/C23H29N5O2/c1-2-24-23(26-13-17-9-10-25-22(11-17)30-15-16-7-8-16)27-14-18-12-21(29)28-20-6-4-3-5-19(18)20/h3-6,9-11,16,18H,2,7-8,12-15H2,1H3,(H,28,29)(H2,24,26,27). The molecule has 3 N–H and O–H groups in total. The van der Waals surface area contributed by atoms with Gasteiger partial charge in [0.2, 0.25) is 11.8 Å². The summed E-state index contributed by atoms with van der Waals surface area (Å²) in [6.45, 7) is 4.72. The number of amides is 1. The molecule has 1 atom stereocenters. The van der Waals surface area contributed by atoms with Gasteiger partial charge < -0.3 is 20.7 Å². The Morgan fingerprint density at radius 1 is 1.27 bits per heavy atom. The van der Waals surface area contributed by atoms with Crippen LogP contribution in [0.25, 0.3) is 0 Å². The van der Waals surface area contributed by atoms with E-state index in [0.717, 1.165) is 35.9 Å². The number of pyridine rings is 1. The summed E-state index contributed by atoms with van der Waals surface area (Å²) in [5.41, 5.74) is 3.11. The largest absolute Gasteiger partial charge is 0.477 e. The molecule has 1 fully saturated rings. The highest BCUT2D eigenvalue weighted by Crippen LogP contribution is 2.31. The molecule has 1 aromatic heterocycles. The number of aromatic nitrogens is 1. The molecule has 2 aromatic rings. The Labute approximate surface area is 177 Å². The fraction of sp³-hybridized carbons (Fsp3) is 0.435. The van der Waals surface area contributed by atoms with E-state index < -0.39 is 0 Å². The van der Waals surface area contributed by atoms with Gasteiger partial charge in [-0.05, 0) is 48.9 Å². The Bertz CT molecular complexity index is 910.